The van der Waals surface area contributed by atoms with E-state index in [2.05, 4.69) is 15.2 Å². The minimum absolute atomic E-state index is 0.153. The SMILES string of the molecule is Cc1cc2nnc(C(N)Cc3ccc(O)c(O)c3)n2cn1. The summed E-state index contributed by atoms with van der Waals surface area (Å²) in [5.41, 5.74) is 8.52. The monoisotopic (exact) mass is 285 g/mol. The van der Waals surface area contributed by atoms with E-state index in [0.717, 1.165) is 11.3 Å². The number of fused-ring (bicyclic) bond motifs is 1. The molecule has 7 nitrogen and oxygen atoms in total. The number of aryl methyl sites for hydroxylation is 1. The van der Waals surface area contributed by atoms with Crippen molar-refractivity contribution >= 4 is 5.65 Å². The molecule has 3 rings (SSSR count). The minimum Gasteiger partial charge on any atom is -0.504 e. The maximum absolute atomic E-state index is 9.51. The smallest absolute Gasteiger partial charge is 0.163 e. The first-order valence-electron chi connectivity index (χ1n) is 6.48. The van der Waals surface area contributed by atoms with Gasteiger partial charge < -0.3 is 15.9 Å². The number of aromatic hydroxyl groups is 2. The van der Waals surface area contributed by atoms with Gasteiger partial charge in [-0.05, 0) is 31.0 Å². The number of nitrogens with two attached hydrogens (primary N) is 1. The Morgan fingerprint density at radius 3 is 2.76 bits per heavy atom. The summed E-state index contributed by atoms with van der Waals surface area (Å²) >= 11 is 0. The lowest BCUT2D eigenvalue weighted by atomic mass is 10.1. The molecule has 0 amide bonds. The number of phenolic OH excluding ortho intramolecular Hbond substituents is 2. The van der Waals surface area contributed by atoms with Crippen LogP contribution in [0.3, 0.4) is 0 Å². The molecular weight excluding hydrogens is 270 g/mol. The lowest BCUT2D eigenvalue weighted by molar-refractivity contribution is 0.403. The van der Waals surface area contributed by atoms with E-state index >= 15 is 0 Å². The number of benzene rings is 1. The quantitative estimate of drug-likeness (QED) is 0.621. The van der Waals surface area contributed by atoms with Crippen molar-refractivity contribution in [2.45, 2.75) is 19.4 Å². The maximum atomic E-state index is 9.51. The van der Waals surface area contributed by atoms with E-state index in [1.165, 1.54) is 12.1 Å². The Bertz CT molecular complexity index is 799. The third kappa shape index (κ3) is 2.50. The molecule has 0 bridgehead atoms. The van der Waals surface area contributed by atoms with Crippen LogP contribution in [0.1, 0.15) is 23.1 Å². The summed E-state index contributed by atoms with van der Waals surface area (Å²) in [6.45, 7) is 1.88. The fourth-order valence-electron chi connectivity index (χ4n) is 2.20. The molecule has 1 aromatic carbocycles. The molecule has 7 heteroatoms. The fraction of sp³-hybridized carbons (Fsp3) is 0.214. The normalized spacial score (nSPS) is 12.7. The molecule has 4 N–H and O–H groups in total. The van der Waals surface area contributed by atoms with E-state index in [0.29, 0.717) is 17.9 Å². The Labute approximate surface area is 120 Å². The number of phenols is 2. The Hall–Kier alpha value is -2.67. The first-order chi connectivity index (χ1) is 10.0. The van der Waals surface area contributed by atoms with E-state index in [9.17, 15) is 10.2 Å². The third-order valence-corrected chi connectivity index (χ3v) is 3.29. The topological polar surface area (TPSA) is 110 Å². The van der Waals surface area contributed by atoms with Gasteiger partial charge in [0.1, 0.15) is 6.33 Å². The molecule has 0 aliphatic heterocycles. The highest BCUT2D eigenvalue weighted by atomic mass is 16.3. The Morgan fingerprint density at radius 1 is 1.19 bits per heavy atom. The summed E-state index contributed by atoms with van der Waals surface area (Å²) in [6.07, 6.45) is 2.11. The van der Waals surface area contributed by atoms with Crippen LogP contribution in [-0.2, 0) is 6.42 Å². The van der Waals surface area contributed by atoms with E-state index in [4.69, 9.17) is 5.73 Å². The van der Waals surface area contributed by atoms with Crippen LogP contribution in [0.25, 0.3) is 5.65 Å². The second-order valence-corrected chi connectivity index (χ2v) is 4.95. The Balaban J connectivity index is 1.89. The lowest BCUT2D eigenvalue weighted by Gasteiger charge is -2.10. The molecule has 0 saturated carbocycles. The summed E-state index contributed by atoms with van der Waals surface area (Å²) in [5, 5.41) is 27.0. The van der Waals surface area contributed by atoms with E-state index in [1.807, 2.05) is 13.0 Å². The van der Waals surface area contributed by atoms with Gasteiger partial charge in [-0.25, -0.2) is 4.98 Å². The summed E-state index contributed by atoms with van der Waals surface area (Å²) in [7, 11) is 0. The predicted molar refractivity (Wildman–Crippen MR) is 75.9 cm³/mol. The van der Waals surface area contributed by atoms with Gasteiger partial charge in [0.15, 0.2) is 23.0 Å². The molecule has 108 valence electrons. The van der Waals surface area contributed by atoms with Crippen LogP contribution in [0.15, 0.2) is 30.6 Å². The van der Waals surface area contributed by atoms with Crippen molar-refractivity contribution in [3.63, 3.8) is 0 Å². The van der Waals surface area contributed by atoms with Crippen molar-refractivity contribution in [1.29, 1.82) is 0 Å². The molecule has 1 atom stereocenters. The van der Waals surface area contributed by atoms with Crippen LogP contribution >= 0.6 is 0 Å². The molecule has 0 aliphatic rings. The highest BCUT2D eigenvalue weighted by Crippen LogP contribution is 2.26. The van der Waals surface area contributed by atoms with Gasteiger partial charge in [0.25, 0.3) is 0 Å². The van der Waals surface area contributed by atoms with Crippen LogP contribution in [0, 0.1) is 6.92 Å². The van der Waals surface area contributed by atoms with Gasteiger partial charge in [-0.3, -0.25) is 4.40 Å². The molecular formula is C14H15N5O2. The largest absolute Gasteiger partial charge is 0.504 e. The van der Waals surface area contributed by atoms with Gasteiger partial charge in [-0.1, -0.05) is 6.07 Å². The second kappa shape index (κ2) is 5.02. The molecule has 3 aromatic rings. The van der Waals surface area contributed by atoms with Crippen molar-refractivity contribution in [1.82, 2.24) is 19.6 Å². The Morgan fingerprint density at radius 2 is 2.00 bits per heavy atom. The first-order valence-corrected chi connectivity index (χ1v) is 6.48. The van der Waals surface area contributed by atoms with E-state index in [1.54, 1.807) is 16.8 Å². The van der Waals surface area contributed by atoms with Gasteiger partial charge in [-0.2, -0.15) is 0 Å². The fourth-order valence-corrected chi connectivity index (χ4v) is 2.20. The second-order valence-electron chi connectivity index (χ2n) is 4.95. The average Bonchev–Trinajstić information content (AvgIpc) is 2.85. The van der Waals surface area contributed by atoms with Crippen LogP contribution in [0.5, 0.6) is 11.5 Å². The van der Waals surface area contributed by atoms with Crippen molar-refractivity contribution in [3.8, 4) is 11.5 Å². The molecule has 21 heavy (non-hydrogen) atoms. The highest BCUT2D eigenvalue weighted by molar-refractivity contribution is 5.41. The molecule has 0 radical (unpaired) electrons. The first kappa shape index (κ1) is 13.3. The zero-order valence-electron chi connectivity index (χ0n) is 11.4. The van der Waals surface area contributed by atoms with E-state index < -0.39 is 6.04 Å². The predicted octanol–water partition coefficient (Wildman–Crippen LogP) is 1.09. The molecule has 0 saturated heterocycles. The zero-order valence-corrected chi connectivity index (χ0v) is 11.4. The molecule has 2 aromatic heterocycles. The standard InChI is InChI=1S/C14H15N5O2/c1-8-4-13-17-18-14(19(13)7-16-8)10(15)5-9-2-3-11(20)12(21)6-9/h2-4,6-7,10,20-21H,5,15H2,1H3. The molecule has 1 unspecified atom stereocenters. The van der Waals surface area contributed by atoms with Gasteiger partial charge in [0.2, 0.25) is 0 Å². The summed E-state index contributed by atoms with van der Waals surface area (Å²) < 4.78 is 1.75. The average molecular weight is 285 g/mol. The summed E-state index contributed by atoms with van der Waals surface area (Å²) in [6, 6.07) is 6.06. The number of aromatic nitrogens is 4. The zero-order chi connectivity index (χ0) is 15.0. The Kier molecular flexibility index (Phi) is 3.19. The summed E-state index contributed by atoms with van der Waals surface area (Å²) in [5.74, 6) is 0.285. The number of nitrogens with zero attached hydrogens (tertiary/aromatic N) is 4. The minimum atomic E-state index is -0.395. The molecule has 0 aliphatic carbocycles. The van der Waals surface area contributed by atoms with E-state index in [-0.39, 0.29) is 11.5 Å². The third-order valence-electron chi connectivity index (χ3n) is 3.29. The van der Waals surface area contributed by atoms with Crippen LogP contribution < -0.4 is 5.73 Å². The lowest BCUT2D eigenvalue weighted by Crippen LogP contribution is -2.17. The number of hydrogen-bond acceptors (Lipinski definition) is 6. The molecule has 0 fully saturated rings. The van der Waals surface area contributed by atoms with Crippen molar-refractivity contribution in [3.05, 3.63) is 47.7 Å². The molecule has 0 spiro atoms. The van der Waals surface area contributed by atoms with Gasteiger partial charge in [-0.15, -0.1) is 10.2 Å². The van der Waals surface area contributed by atoms with Gasteiger partial charge in [0, 0.05) is 11.8 Å². The number of rotatable bonds is 3. The van der Waals surface area contributed by atoms with Gasteiger partial charge >= 0.3 is 0 Å². The highest BCUT2D eigenvalue weighted by Gasteiger charge is 2.15. The number of hydrogen-bond donors (Lipinski definition) is 3. The van der Waals surface area contributed by atoms with Crippen LogP contribution in [0.2, 0.25) is 0 Å². The van der Waals surface area contributed by atoms with Crippen molar-refractivity contribution in [2.75, 3.05) is 0 Å². The van der Waals surface area contributed by atoms with Crippen LogP contribution in [0.4, 0.5) is 0 Å². The van der Waals surface area contributed by atoms with Crippen LogP contribution in [-0.4, -0.2) is 29.8 Å². The maximum Gasteiger partial charge on any atom is 0.163 e. The van der Waals surface area contributed by atoms with Crippen molar-refractivity contribution < 1.29 is 10.2 Å². The summed E-state index contributed by atoms with van der Waals surface area (Å²) in [4.78, 5) is 4.21. The van der Waals surface area contributed by atoms with Gasteiger partial charge in [0.05, 0.1) is 6.04 Å². The molecule has 2 heterocycles. The van der Waals surface area contributed by atoms with Crippen molar-refractivity contribution in [2.24, 2.45) is 5.73 Å².